The van der Waals surface area contributed by atoms with Gasteiger partial charge in [0.1, 0.15) is 0 Å². The van der Waals surface area contributed by atoms with Gasteiger partial charge < -0.3 is 0 Å². The van der Waals surface area contributed by atoms with E-state index < -0.39 is 0 Å². The van der Waals surface area contributed by atoms with Crippen LogP contribution in [0.3, 0.4) is 0 Å². The highest BCUT2D eigenvalue weighted by Crippen LogP contribution is 2.31. The molecule has 3 amide bonds. The number of hydrogen-bond donors (Lipinski definition) is 1. The van der Waals surface area contributed by atoms with Crippen molar-refractivity contribution in [1.82, 2.24) is 9.88 Å². The number of aromatic nitrogens is 1. The number of rotatable bonds is 4. The van der Waals surface area contributed by atoms with Crippen LogP contribution in [0, 0.1) is 0 Å². The molecule has 0 unspecified atom stereocenters. The van der Waals surface area contributed by atoms with Crippen LogP contribution in [-0.2, 0) is 5.88 Å². The zero-order valence-electron chi connectivity index (χ0n) is 14.5. The monoisotopic (exact) mass is 403 g/mol. The molecule has 1 aromatic heterocycles. The van der Waals surface area contributed by atoms with Gasteiger partial charge in [0.15, 0.2) is 5.13 Å². The number of anilines is 1. The van der Waals surface area contributed by atoms with Crippen molar-refractivity contribution in [2.24, 2.45) is 0 Å². The lowest BCUT2D eigenvalue weighted by Crippen LogP contribution is -2.40. The lowest BCUT2D eigenvalue weighted by molar-refractivity contribution is 0.0549. The highest BCUT2D eigenvalue weighted by molar-refractivity contribution is 7.14. The Morgan fingerprint density at radius 1 is 1.19 bits per heavy atom. The van der Waals surface area contributed by atoms with Crippen LogP contribution in [0.5, 0.6) is 0 Å². The van der Waals surface area contributed by atoms with Crippen molar-refractivity contribution in [3.63, 3.8) is 0 Å². The van der Waals surface area contributed by atoms with E-state index in [1.807, 2.05) is 0 Å². The fraction of sp³-hybridized carbons (Fsp3) is 0.368. The molecule has 0 atom stereocenters. The third-order valence-electron chi connectivity index (χ3n) is 5.03. The summed E-state index contributed by atoms with van der Waals surface area (Å²) < 4.78 is 0. The SMILES string of the molecule is O=C(Nc1nc(CCl)cs1)c1ccc2c(c1)C(=O)N(C1CCCCC1)C2=O. The van der Waals surface area contributed by atoms with Crippen molar-refractivity contribution >= 4 is 45.8 Å². The van der Waals surface area contributed by atoms with Gasteiger partial charge in [0, 0.05) is 17.0 Å². The van der Waals surface area contributed by atoms with Crippen molar-refractivity contribution in [1.29, 1.82) is 0 Å². The average molecular weight is 404 g/mol. The van der Waals surface area contributed by atoms with E-state index in [4.69, 9.17) is 11.6 Å². The minimum atomic E-state index is -0.371. The third kappa shape index (κ3) is 3.37. The highest BCUT2D eigenvalue weighted by atomic mass is 35.5. The summed E-state index contributed by atoms with van der Waals surface area (Å²) in [6.07, 6.45) is 4.91. The quantitative estimate of drug-likeness (QED) is 0.616. The zero-order chi connectivity index (χ0) is 19.0. The summed E-state index contributed by atoms with van der Waals surface area (Å²) in [5, 5.41) is 4.92. The summed E-state index contributed by atoms with van der Waals surface area (Å²) >= 11 is 7.01. The maximum atomic E-state index is 12.8. The Morgan fingerprint density at radius 2 is 1.93 bits per heavy atom. The first kappa shape index (κ1) is 18.1. The van der Waals surface area contributed by atoms with Gasteiger partial charge in [0.2, 0.25) is 0 Å². The van der Waals surface area contributed by atoms with Gasteiger partial charge in [-0.3, -0.25) is 24.6 Å². The number of imide groups is 1. The van der Waals surface area contributed by atoms with Crippen LogP contribution in [0.25, 0.3) is 0 Å². The molecule has 8 heteroatoms. The van der Waals surface area contributed by atoms with Gasteiger partial charge in [0.25, 0.3) is 17.7 Å². The Kier molecular flexibility index (Phi) is 4.97. The maximum absolute atomic E-state index is 12.8. The molecule has 2 aromatic rings. The van der Waals surface area contributed by atoms with Crippen LogP contribution in [0.4, 0.5) is 5.13 Å². The lowest BCUT2D eigenvalue weighted by Gasteiger charge is -2.29. The summed E-state index contributed by atoms with van der Waals surface area (Å²) in [6, 6.07) is 4.61. The van der Waals surface area contributed by atoms with Crippen LogP contribution in [-0.4, -0.2) is 33.6 Å². The smallest absolute Gasteiger partial charge is 0.261 e. The predicted molar refractivity (Wildman–Crippen MR) is 103 cm³/mol. The number of carbonyl (C=O) groups excluding carboxylic acids is 3. The number of alkyl halides is 1. The van der Waals surface area contributed by atoms with E-state index in [2.05, 4.69) is 10.3 Å². The van der Waals surface area contributed by atoms with Gasteiger partial charge >= 0.3 is 0 Å². The molecular weight excluding hydrogens is 386 g/mol. The number of amides is 3. The molecule has 0 spiro atoms. The third-order valence-corrected chi connectivity index (χ3v) is 6.11. The second-order valence-electron chi connectivity index (χ2n) is 6.76. The largest absolute Gasteiger partial charge is 0.298 e. The number of hydrogen-bond acceptors (Lipinski definition) is 5. The van der Waals surface area contributed by atoms with Gasteiger partial charge in [-0.25, -0.2) is 4.98 Å². The minimum absolute atomic E-state index is 0.0345. The van der Waals surface area contributed by atoms with E-state index in [0.29, 0.717) is 27.5 Å². The van der Waals surface area contributed by atoms with Crippen molar-refractivity contribution in [2.75, 3.05) is 5.32 Å². The van der Waals surface area contributed by atoms with E-state index >= 15 is 0 Å². The molecule has 1 saturated carbocycles. The maximum Gasteiger partial charge on any atom is 0.261 e. The second kappa shape index (κ2) is 7.40. The molecule has 1 fully saturated rings. The average Bonchev–Trinajstić information content (AvgIpc) is 3.25. The van der Waals surface area contributed by atoms with Crippen molar-refractivity contribution in [3.8, 4) is 0 Å². The molecule has 2 heterocycles. The minimum Gasteiger partial charge on any atom is -0.298 e. The number of nitrogens with one attached hydrogen (secondary N) is 1. The first-order chi connectivity index (χ1) is 13.1. The number of halogens is 1. The molecule has 27 heavy (non-hydrogen) atoms. The predicted octanol–water partition coefficient (Wildman–Crippen LogP) is 4.06. The first-order valence-corrected chi connectivity index (χ1v) is 10.3. The summed E-state index contributed by atoms with van der Waals surface area (Å²) in [4.78, 5) is 43.6. The Bertz CT molecular complexity index is 921. The summed E-state index contributed by atoms with van der Waals surface area (Å²) in [5.41, 5.74) is 1.69. The Balaban J connectivity index is 1.56. The number of thiazole rings is 1. The van der Waals surface area contributed by atoms with Crippen LogP contribution in [0.2, 0.25) is 0 Å². The molecule has 2 aliphatic rings. The Labute approximate surface area is 165 Å². The molecule has 1 aliphatic carbocycles. The molecule has 4 rings (SSSR count). The van der Waals surface area contributed by atoms with Crippen LogP contribution in [0.1, 0.15) is 68.9 Å². The molecule has 140 valence electrons. The van der Waals surface area contributed by atoms with Crippen LogP contribution >= 0.6 is 22.9 Å². The number of fused-ring (bicyclic) bond motifs is 1. The van der Waals surface area contributed by atoms with Gasteiger partial charge in [0.05, 0.1) is 22.7 Å². The van der Waals surface area contributed by atoms with Crippen LogP contribution in [0.15, 0.2) is 23.6 Å². The van der Waals surface area contributed by atoms with E-state index in [-0.39, 0.29) is 29.6 Å². The standard InChI is InChI=1S/C19H18ClN3O3S/c20-9-12-10-27-19(21-12)22-16(24)11-6-7-14-15(8-11)18(26)23(17(14)25)13-4-2-1-3-5-13/h6-8,10,13H,1-5,9H2,(H,21,22,24). The number of carbonyl (C=O) groups is 3. The molecule has 0 radical (unpaired) electrons. The normalized spacial score (nSPS) is 17.3. The molecule has 0 saturated heterocycles. The topological polar surface area (TPSA) is 79.4 Å². The van der Waals surface area contributed by atoms with Gasteiger partial charge in [-0.15, -0.1) is 22.9 Å². The highest BCUT2D eigenvalue weighted by Gasteiger charge is 2.40. The number of nitrogens with zero attached hydrogens (tertiary/aromatic N) is 2. The Morgan fingerprint density at radius 3 is 2.63 bits per heavy atom. The zero-order valence-corrected chi connectivity index (χ0v) is 16.1. The number of benzene rings is 1. The van der Waals surface area contributed by atoms with E-state index in [9.17, 15) is 14.4 Å². The fourth-order valence-electron chi connectivity index (χ4n) is 3.67. The van der Waals surface area contributed by atoms with E-state index in [0.717, 1.165) is 32.1 Å². The molecule has 1 N–H and O–H groups in total. The first-order valence-electron chi connectivity index (χ1n) is 8.92. The Hall–Kier alpha value is -2.25. The molecular formula is C19H18ClN3O3S. The molecule has 1 aliphatic heterocycles. The lowest BCUT2D eigenvalue weighted by atomic mass is 9.94. The summed E-state index contributed by atoms with van der Waals surface area (Å²) in [7, 11) is 0. The van der Waals surface area contributed by atoms with Crippen LogP contribution < -0.4 is 5.32 Å². The molecule has 1 aromatic carbocycles. The van der Waals surface area contributed by atoms with Gasteiger partial charge in [-0.05, 0) is 31.0 Å². The fourth-order valence-corrected chi connectivity index (χ4v) is 4.60. The van der Waals surface area contributed by atoms with E-state index in [1.165, 1.54) is 22.3 Å². The van der Waals surface area contributed by atoms with Gasteiger partial charge in [-0.1, -0.05) is 19.3 Å². The van der Waals surface area contributed by atoms with Crippen molar-refractivity contribution < 1.29 is 14.4 Å². The second-order valence-corrected chi connectivity index (χ2v) is 7.89. The van der Waals surface area contributed by atoms with Crippen molar-refractivity contribution in [3.05, 3.63) is 46.0 Å². The van der Waals surface area contributed by atoms with E-state index in [1.54, 1.807) is 17.5 Å². The molecule has 6 nitrogen and oxygen atoms in total. The van der Waals surface area contributed by atoms with Gasteiger partial charge in [-0.2, -0.15) is 0 Å². The van der Waals surface area contributed by atoms with Crippen molar-refractivity contribution in [2.45, 2.75) is 44.0 Å². The summed E-state index contributed by atoms with van der Waals surface area (Å²) in [6.45, 7) is 0. The molecule has 0 bridgehead atoms. The summed E-state index contributed by atoms with van der Waals surface area (Å²) in [5.74, 6) is -0.640.